The van der Waals surface area contributed by atoms with E-state index in [1.54, 1.807) is 0 Å². The van der Waals surface area contributed by atoms with E-state index in [2.05, 4.69) is 5.32 Å². The van der Waals surface area contributed by atoms with Crippen LogP contribution in [0.25, 0.3) is 0 Å². The maximum absolute atomic E-state index is 8.99. The molecular weight excluding hydrogens is 154 g/mol. The number of nitrogens with one attached hydrogen (secondary N) is 1. The van der Waals surface area contributed by atoms with Gasteiger partial charge in [-0.2, -0.15) is 0 Å². The molecule has 0 saturated carbocycles. The minimum Gasteiger partial charge on any atom is -0.396 e. The predicted molar refractivity (Wildman–Crippen MR) is 47.9 cm³/mol. The SMILES string of the molecule is OCC(CO)C1CCCNCC1. The van der Waals surface area contributed by atoms with Crippen LogP contribution in [0.5, 0.6) is 0 Å². The highest BCUT2D eigenvalue weighted by molar-refractivity contribution is 4.73. The van der Waals surface area contributed by atoms with E-state index in [1.165, 1.54) is 6.42 Å². The number of hydrogen-bond acceptors (Lipinski definition) is 3. The van der Waals surface area contributed by atoms with Crippen LogP contribution < -0.4 is 5.32 Å². The summed E-state index contributed by atoms with van der Waals surface area (Å²) >= 11 is 0. The third-order valence-electron chi connectivity index (χ3n) is 2.76. The maximum atomic E-state index is 8.99. The molecule has 12 heavy (non-hydrogen) atoms. The Hall–Kier alpha value is -0.120. The first-order valence-corrected chi connectivity index (χ1v) is 4.81. The van der Waals surface area contributed by atoms with Crippen LogP contribution in [0.2, 0.25) is 0 Å². The van der Waals surface area contributed by atoms with Crippen LogP contribution in [-0.2, 0) is 0 Å². The summed E-state index contributed by atoms with van der Waals surface area (Å²) in [6.07, 6.45) is 3.39. The van der Waals surface area contributed by atoms with Crippen LogP contribution in [0.4, 0.5) is 0 Å². The van der Waals surface area contributed by atoms with Crippen LogP contribution in [0, 0.1) is 11.8 Å². The summed E-state index contributed by atoms with van der Waals surface area (Å²) < 4.78 is 0. The average molecular weight is 173 g/mol. The van der Waals surface area contributed by atoms with Crippen molar-refractivity contribution in [1.82, 2.24) is 5.32 Å². The molecule has 0 bridgehead atoms. The summed E-state index contributed by atoms with van der Waals surface area (Å²) in [5, 5.41) is 21.3. The van der Waals surface area contributed by atoms with E-state index in [9.17, 15) is 0 Å². The number of rotatable bonds is 3. The number of aliphatic hydroxyl groups is 2. The van der Waals surface area contributed by atoms with Crippen molar-refractivity contribution in [2.45, 2.75) is 19.3 Å². The van der Waals surface area contributed by atoms with Gasteiger partial charge in [-0.3, -0.25) is 0 Å². The lowest BCUT2D eigenvalue weighted by molar-refractivity contribution is 0.100. The first kappa shape index (κ1) is 9.96. The lowest BCUT2D eigenvalue weighted by Crippen LogP contribution is -2.23. The third-order valence-corrected chi connectivity index (χ3v) is 2.76. The fourth-order valence-corrected chi connectivity index (χ4v) is 1.87. The Morgan fingerprint density at radius 1 is 1.17 bits per heavy atom. The van der Waals surface area contributed by atoms with Gasteiger partial charge < -0.3 is 15.5 Å². The van der Waals surface area contributed by atoms with E-state index in [0.29, 0.717) is 5.92 Å². The molecule has 1 rings (SSSR count). The van der Waals surface area contributed by atoms with Gasteiger partial charge in [-0.15, -0.1) is 0 Å². The second-order valence-corrected chi connectivity index (χ2v) is 3.57. The first-order chi connectivity index (χ1) is 5.88. The molecule has 1 aliphatic rings. The molecule has 1 saturated heterocycles. The topological polar surface area (TPSA) is 52.5 Å². The monoisotopic (exact) mass is 173 g/mol. The Kier molecular flexibility index (Phi) is 4.58. The highest BCUT2D eigenvalue weighted by Crippen LogP contribution is 2.22. The Bertz CT molecular complexity index is 107. The quantitative estimate of drug-likeness (QED) is 0.562. The molecule has 72 valence electrons. The van der Waals surface area contributed by atoms with E-state index in [-0.39, 0.29) is 19.1 Å². The van der Waals surface area contributed by atoms with Gasteiger partial charge in [-0.05, 0) is 38.3 Å². The Morgan fingerprint density at radius 2 is 1.92 bits per heavy atom. The van der Waals surface area contributed by atoms with Crippen LogP contribution in [-0.4, -0.2) is 36.5 Å². The Labute approximate surface area is 73.8 Å². The fraction of sp³-hybridized carbons (Fsp3) is 1.00. The van der Waals surface area contributed by atoms with Gasteiger partial charge in [0, 0.05) is 19.1 Å². The van der Waals surface area contributed by atoms with Crippen LogP contribution >= 0.6 is 0 Å². The summed E-state index contributed by atoms with van der Waals surface area (Å²) in [7, 11) is 0. The van der Waals surface area contributed by atoms with E-state index >= 15 is 0 Å². The zero-order valence-corrected chi connectivity index (χ0v) is 7.50. The zero-order valence-electron chi connectivity index (χ0n) is 7.50. The maximum Gasteiger partial charge on any atom is 0.0483 e. The molecule has 0 spiro atoms. The third kappa shape index (κ3) is 2.73. The highest BCUT2D eigenvalue weighted by atomic mass is 16.3. The number of aliphatic hydroxyl groups excluding tert-OH is 2. The molecule has 1 fully saturated rings. The lowest BCUT2D eigenvalue weighted by atomic mass is 9.87. The minimum absolute atomic E-state index is 0.102. The summed E-state index contributed by atoms with van der Waals surface area (Å²) in [6, 6.07) is 0. The van der Waals surface area contributed by atoms with Gasteiger partial charge in [-0.25, -0.2) is 0 Å². The molecular formula is C9H19NO2. The van der Waals surface area contributed by atoms with E-state index < -0.39 is 0 Å². The molecule has 3 N–H and O–H groups in total. The van der Waals surface area contributed by atoms with Crippen molar-refractivity contribution in [3.63, 3.8) is 0 Å². The molecule has 1 atom stereocenters. The van der Waals surface area contributed by atoms with Crippen LogP contribution in [0.1, 0.15) is 19.3 Å². The fourth-order valence-electron chi connectivity index (χ4n) is 1.87. The molecule has 0 aromatic carbocycles. The molecule has 1 aliphatic heterocycles. The van der Waals surface area contributed by atoms with E-state index in [1.807, 2.05) is 0 Å². The van der Waals surface area contributed by atoms with Gasteiger partial charge in [0.2, 0.25) is 0 Å². The summed E-state index contributed by atoms with van der Waals surface area (Å²) in [6.45, 7) is 2.36. The van der Waals surface area contributed by atoms with E-state index in [4.69, 9.17) is 10.2 Å². The van der Waals surface area contributed by atoms with Crippen LogP contribution in [0.3, 0.4) is 0 Å². The second-order valence-electron chi connectivity index (χ2n) is 3.57. The zero-order chi connectivity index (χ0) is 8.81. The molecule has 1 unspecified atom stereocenters. The largest absolute Gasteiger partial charge is 0.396 e. The molecule has 0 amide bonds. The predicted octanol–water partition coefficient (Wildman–Crippen LogP) is -0.0231. The van der Waals surface area contributed by atoms with Gasteiger partial charge in [0.15, 0.2) is 0 Å². The standard InChI is InChI=1S/C9H19NO2/c11-6-9(7-12)8-2-1-4-10-5-3-8/h8-12H,1-7H2. The summed E-state index contributed by atoms with van der Waals surface area (Å²) in [4.78, 5) is 0. The van der Waals surface area contributed by atoms with Gasteiger partial charge in [0.05, 0.1) is 0 Å². The molecule has 0 aromatic rings. The molecule has 3 heteroatoms. The normalized spacial score (nSPS) is 25.8. The van der Waals surface area contributed by atoms with Crippen molar-refractivity contribution in [3.8, 4) is 0 Å². The molecule has 0 aliphatic carbocycles. The van der Waals surface area contributed by atoms with Crippen molar-refractivity contribution >= 4 is 0 Å². The first-order valence-electron chi connectivity index (χ1n) is 4.81. The van der Waals surface area contributed by atoms with E-state index in [0.717, 1.165) is 25.9 Å². The molecule has 1 heterocycles. The van der Waals surface area contributed by atoms with Crippen molar-refractivity contribution in [2.24, 2.45) is 11.8 Å². The molecule has 0 aromatic heterocycles. The minimum atomic E-state index is 0.102. The van der Waals surface area contributed by atoms with Gasteiger partial charge in [-0.1, -0.05) is 0 Å². The van der Waals surface area contributed by atoms with Crippen molar-refractivity contribution in [1.29, 1.82) is 0 Å². The highest BCUT2D eigenvalue weighted by Gasteiger charge is 2.20. The summed E-state index contributed by atoms with van der Waals surface area (Å²) in [5.41, 5.74) is 0. The van der Waals surface area contributed by atoms with Gasteiger partial charge >= 0.3 is 0 Å². The average Bonchev–Trinajstić information content (AvgIpc) is 2.35. The molecule has 3 nitrogen and oxygen atoms in total. The second kappa shape index (κ2) is 5.51. The Morgan fingerprint density at radius 3 is 2.58 bits per heavy atom. The van der Waals surface area contributed by atoms with Crippen molar-refractivity contribution in [2.75, 3.05) is 26.3 Å². The lowest BCUT2D eigenvalue weighted by Gasteiger charge is -2.21. The van der Waals surface area contributed by atoms with Crippen molar-refractivity contribution < 1.29 is 10.2 Å². The van der Waals surface area contributed by atoms with Crippen molar-refractivity contribution in [3.05, 3.63) is 0 Å². The Balaban J connectivity index is 2.35. The van der Waals surface area contributed by atoms with Crippen LogP contribution in [0.15, 0.2) is 0 Å². The molecule has 0 radical (unpaired) electrons. The number of hydrogen-bond donors (Lipinski definition) is 3. The summed E-state index contributed by atoms with van der Waals surface area (Å²) in [5.74, 6) is 0.611. The smallest absolute Gasteiger partial charge is 0.0483 e. The van der Waals surface area contributed by atoms with Gasteiger partial charge in [0.1, 0.15) is 0 Å². The van der Waals surface area contributed by atoms with Gasteiger partial charge in [0.25, 0.3) is 0 Å².